The van der Waals surface area contributed by atoms with E-state index in [1.165, 1.54) is 44.5 Å². The fourth-order valence-electron chi connectivity index (χ4n) is 9.57. The Balaban J connectivity index is 1.01. The summed E-state index contributed by atoms with van der Waals surface area (Å²) in [5.41, 5.74) is 15.6. The van der Waals surface area contributed by atoms with Crippen molar-refractivity contribution in [3.05, 3.63) is 170 Å². The maximum atomic E-state index is 12.0. The Bertz CT molecular complexity index is 2230. The molecule has 1 atom stereocenters. The van der Waals surface area contributed by atoms with Crippen molar-refractivity contribution in [3.63, 3.8) is 0 Å². The zero-order valence-corrected chi connectivity index (χ0v) is 31.4. The predicted molar refractivity (Wildman–Crippen MR) is 214 cm³/mol. The van der Waals surface area contributed by atoms with Crippen LogP contribution in [0.3, 0.4) is 0 Å². The highest BCUT2D eigenvalue weighted by Gasteiger charge is 2.44. The number of nitrogens with zero attached hydrogens (tertiary/aromatic N) is 2. The van der Waals surface area contributed by atoms with Crippen LogP contribution in [-0.4, -0.2) is 47.2 Å². The Morgan fingerprint density at radius 1 is 0.577 bits per heavy atom. The van der Waals surface area contributed by atoms with E-state index in [4.69, 9.17) is 0 Å². The summed E-state index contributed by atoms with van der Waals surface area (Å²) >= 11 is 0. The number of aromatic hydroxyl groups is 2. The number of benzene rings is 5. The summed E-state index contributed by atoms with van der Waals surface area (Å²) in [6.07, 6.45) is 6.67. The molecule has 0 saturated heterocycles. The van der Waals surface area contributed by atoms with E-state index in [1.54, 1.807) is 0 Å². The third-order valence-corrected chi connectivity index (χ3v) is 12.2. The van der Waals surface area contributed by atoms with E-state index in [9.17, 15) is 10.2 Å². The molecule has 0 radical (unpaired) electrons. The minimum Gasteiger partial charge on any atom is -0.507 e. The highest BCUT2D eigenvalue weighted by atomic mass is 16.3. The molecule has 0 aromatic heterocycles. The Hall–Kier alpha value is -4.90. The number of allylic oxidation sites excluding steroid dienone is 4. The van der Waals surface area contributed by atoms with Gasteiger partial charge < -0.3 is 20.0 Å². The quantitative estimate of drug-likeness (QED) is 0.162. The van der Waals surface area contributed by atoms with E-state index >= 15 is 0 Å². The third-order valence-electron chi connectivity index (χ3n) is 12.2. The maximum absolute atomic E-state index is 12.0. The van der Waals surface area contributed by atoms with E-state index in [2.05, 4.69) is 161 Å². The second kappa shape index (κ2) is 12.9. The van der Waals surface area contributed by atoms with Gasteiger partial charge in [0.05, 0.1) is 0 Å². The van der Waals surface area contributed by atoms with E-state index in [0.717, 1.165) is 59.3 Å². The molecule has 5 aromatic carbocycles. The third kappa shape index (κ3) is 5.35. The van der Waals surface area contributed by atoms with E-state index in [1.807, 2.05) is 0 Å². The highest BCUT2D eigenvalue weighted by molar-refractivity contribution is 5.86. The molecule has 0 amide bonds. The topological polar surface area (TPSA) is 46.9 Å². The lowest BCUT2D eigenvalue weighted by Gasteiger charge is -2.32. The van der Waals surface area contributed by atoms with E-state index in [-0.39, 0.29) is 0 Å². The normalized spacial score (nSPS) is 18.2. The summed E-state index contributed by atoms with van der Waals surface area (Å²) in [6, 6.07) is 34.6. The first kappa shape index (κ1) is 34.2. The van der Waals surface area contributed by atoms with Gasteiger partial charge in [0.1, 0.15) is 11.5 Å². The van der Waals surface area contributed by atoms with Crippen molar-refractivity contribution in [2.24, 2.45) is 0 Å². The minimum atomic E-state index is -0.450. The Morgan fingerprint density at radius 3 is 1.54 bits per heavy atom. The van der Waals surface area contributed by atoms with Gasteiger partial charge in [0.2, 0.25) is 0 Å². The summed E-state index contributed by atoms with van der Waals surface area (Å²) < 4.78 is 0. The molecule has 0 spiro atoms. The van der Waals surface area contributed by atoms with Crippen molar-refractivity contribution < 1.29 is 10.2 Å². The zero-order chi connectivity index (χ0) is 36.4. The molecule has 52 heavy (non-hydrogen) atoms. The van der Waals surface area contributed by atoms with Gasteiger partial charge in [-0.2, -0.15) is 0 Å². The second-order valence-electron chi connectivity index (χ2n) is 15.8. The number of hydrogen-bond donors (Lipinski definition) is 2. The van der Waals surface area contributed by atoms with E-state index < -0.39 is 10.8 Å². The Morgan fingerprint density at radius 2 is 1.02 bits per heavy atom. The zero-order valence-electron chi connectivity index (χ0n) is 31.4. The molecule has 4 heteroatoms. The summed E-state index contributed by atoms with van der Waals surface area (Å²) in [5, 5.41) is 23.9. The van der Waals surface area contributed by atoms with Crippen molar-refractivity contribution in [2.75, 3.05) is 27.2 Å². The van der Waals surface area contributed by atoms with Gasteiger partial charge in [-0.1, -0.05) is 120 Å². The van der Waals surface area contributed by atoms with Crippen LogP contribution >= 0.6 is 0 Å². The monoisotopic (exact) mass is 686 g/mol. The van der Waals surface area contributed by atoms with Crippen LogP contribution in [0.2, 0.25) is 0 Å². The van der Waals surface area contributed by atoms with Crippen LogP contribution in [0, 0.1) is 13.8 Å². The van der Waals surface area contributed by atoms with Crippen molar-refractivity contribution >= 4 is 5.57 Å². The van der Waals surface area contributed by atoms with Crippen molar-refractivity contribution in [1.82, 2.24) is 9.80 Å². The lowest BCUT2D eigenvalue weighted by atomic mass is 9.71. The van der Waals surface area contributed by atoms with Gasteiger partial charge in [-0.05, 0) is 99.2 Å². The molecular weight excluding hydrogens is 637 g/mol. The molecule has 0 fully saturated rings. The second-order valence-corrected chi connectivity index (χ2v) is 15.8. The van der Waals surface area contributed by atoms with Crippen LogP contribution in [0.5, 0.6) is 11.5 Å². The number of likely N-dealkylation sites (N-methyl/N-ethyl adjacent to an activating group) is 2. The highest BCUT2D eigenvalue weighted by Crippen LogP contribution is 2.56. The molecule has 3 aliphatic rings. The molecule has 0 heterocycles. The summed E-state index contributed by atoms with van der Waals surface area (Å²) in [6.45, 7) is 11.7. The molecule has 8 rings (SSSR count). The summed E-state index contributed by atoms with van der Waals surface area (Å²) in [7, 11) is 4.26. The van der Waals surface area contributed by atoms with Gasteiger partial charge >= 0.3 is 0 Å². The van der Waals surface area contributed by atoms with Gasteiger partial charge in [-0.25, -0.2) is 0 Å². The Kier molecular flexibility index (Phi) is 8.52. The lowest BCUT2D eigenvalue weighted by Crippen LogP contribution is -2.31. The Labute approximate surface area is 309 Å². The minimum absolute atomic E-state index is 0.380. The largest absolute Gasteiger partial charge is 0.507 e. The fourth-order valence-corrected chi connectivity index (χ4v) is 9.57. The maximum Gasteiger partial charge on any atom is 0.124 e. The molecule has 3 aliphatic carbocycles. The molecule has 264 valence electrons. The first-order chi connectivity index (χ1) is 25.0. The summed E-state index contributed by atoms with van der Waals surface area (Å²) in [5.74, 6) is 0.779. The number of phenolic OH excluding ortho intramolecular Hbond substituents is 2. The molecule has 0 saturated carbocycles. The lowest BCUT2D eigenvalue weighted by molar-refractivity contribution is 0.243. The van der Waals surface area contributed by atoms with Gasteiger partial charge in [-0.3, -0.25) is 0 Å². The van der Waals surface area contributed by atoms with Crippen molar-refractivity contribution in [3.8, 4) is 22.6 Å². The SMILES string of the molecule is Cc1cc(CN(C)CCN(C)Cc2cc(C)cc(C3(C)c4ccccc4-c4ccccc43)c2O)c(O)c(C2(C)C3=C(CCC=C3)c3ccccc32)c1. The van der Waals surface area contributed by atoms with Crippen LogP contribution < -0.4 is 0 Å². The summed E-state index contributed by atoms with van der Waals surface area (Å²) in [4.78, 5) is 4.58. The first-order valence-electron chi connectivity index (χ1n) is 18.7. The van der Waals surface area contributed by atoms with Crippen molar-refractivity contribution in [1.29, 1.82) is 0 Å². The molecule has 4 nitrogen and oxygen atoms in total. The van der Waals surface area contributed by atoms with Crippen LogP contribution in [0.25, 0.3) is 16.7 Å². The van der Waals surface area contributed by atoms with Crippen LogP contribution in [0.1, 0.15) is 82.3 Å². The average molecular weight is 687 g/mol. The fraction of sp³-hybridized carbons (Fsp3) is 0.292. The molecule has 0 aliphatic heterocycles. The number of rotatable bonds is 9. The smallest absolute Gasteiger partial charge is 0.124 e. The number of phenols is 2. The van der Waals surface area contributed by atoms with E-state index in [0.29, 0.717) is 24.6 Å². The molecule has 1 unspecified atom stereocenters. The average Bonchev–Trinajstić information content (AvgIpc) is 3.57. The van der Waals surface area contributed by atoms with Gasteiger partial charge in [-0.15, -0.1) is 0 Å². The van der Waals surface area contributed by atoms with Crippen LogP contribution in [0.4, 0.5) is 0 Å². The van der Waals surface area contributed by atoms with Crippen LogP contribution in [0.15, 0.2) is 115 Å². The van der Waals surface area contributed by atoms with Crippen molar-refractivity contribution in [2.45, 2.75) is 64.5 Å². The molecule has 2 N–H and O–H groups in total. The number of aryl methyl sites for hydroxylation is 2. The standard InChI is InChI=1S/C48H50N2O2/c1-31-25-33(45(51)43(27-31)47(3)39-19-11-7-15-35(39)36-16-8-12-20-40(36)47)29-49(5)23-24-50(6)30-34-26-32(2)28-44(46(34)52)48(4)41-21-13-9-17-37(41)38-18-10-14-22-42(38)48/h7-9,11-17,19-22,25-28,51-52H,10,18,23-24,29-30H2,1-6H3. The number of fused-ring (bicyclic) bond motifs is 5. The molecule has 5 aromatic rings. The van der Waals surface area contributed by atoms with Gasteiger partial charge in [0.25, 0.3) is 0 Å². The molecule has 0 bridgehead atoms. The molecular formula is C48H50N2O2. The predicted octanol–water partition coefficient (Wildman–Crippen LogP) is 10.0. The van der Waals surface area contributed by atoms with Gasteiger partial charge in [0.15, 0.2) is 0 Å². The first-order valence-corrected chi connectivity index (χ1v) is 18.7. The van der Waals surface area contributed by atoms with Gasteiger partial charge in [0, 0.05) is 59.3 Å². The number of hydrogen-bond acceptors (Lipinski definition) is 4. The van der Waals surface area contributed by atoms with Crippen LogP contribution in [-0.2, 0) is 23.9 Å².